The van der Waals surface area contributed by atoms with Crippen LogP contribution >= 0.6 is 0 Å². The summed E-state index contributed by atoms with van der Waals surface area (Å²) in [6.07, 6.45) is 1.10. The van der Waals surface area contributed by atoms with Crippen LogP contribution in [0.1, 0.15) is 46.0 Å². The molecule has 1 atom stereocenters. The van der Waals surface area contributed by atoms with Crippen molar-refractivity contribution in [3.05, 3.63) is 94.3 Å². The van der Waals surface area contributed by atoms with E-state index in [9.17, 15) is 17.6 Å². The Bertz CT molecular complexity index is 1230. The van der Waals surface area contributed by atoms with Gasteiger partial charge < -0.3 is 5.32 Å². The Balaban J connectivity index is 1.84. The molecular formula is C26H29FN2O3S. The van der Waals surface area contributed by atoms with E-state index in [4.69, 9.17) is 0 Å². The number of amides is 1. The Hall–Kier alpha value is -3.03. The highest BCUT2D eigenvalue weighted by Crippen LogP contribution is 2.24. The van der Waals surface area contributed by atoms with Crippen molar-refractivity contribution in [2.45, 2.75) is 51.5 Å². The van der Waals surface area contributed by atoms with Crippen LogP contribution < -0.4 is 10.0 Å². The topological polar surface area (TPSA) is 75.3 Å². The summed E-state index contributed by atoms with van der Waals surface area (Å²) in [5.74, 6) is -1.49. The van der Waals surface area contributed by atoms with E-state index in [-0.39, 0.29) is 16.5 Å². The molecule has 3 rings (SSSR count). The summed E-state index contributed by atoms with van der Waals surface area (Å²) in [4.78, 5) is 12.7. The van der Waals surface area contributed by atoms with E-state index in [2.05, 4.69) is 10.0 Å². The van der Waals surface area contributed by atoms with Crippen molar-refractivity contribution >= 4 is 21.6 Å². The predicted molar refractivity (Wildman–Crippen MR) is 130 cm³/mol. The quantitative estimate of drug-likeness (QED) is 0.471. The highest BCUT2D eigenvalue weighted by atomic mass is 32.2. The predicted octanol–water partition coefficient (Wildman–Crippen LogP) is 5.30. The molecule has 33 heavy (non-hydrogen) atoms. The fourth-order valence-electron chi connectivity index (χ4n) is 3.86. The molecule has 1 amide bonds. The van der Waals surface area contributed by atoms with Crippen molar-refractivity contribution in [2.24, 2.45) is 0 Å². The molecule has 174 valence electrons. The summed E-state index contributed by atoms with van der Waals surface area (Å²) in [5.41, 5.74) is 4.01. The van der Waals surface area contributed by atoms with Crippen LogP contribution in [0.2, 0.25) is 0 Å². The molecule has 2 N–H and O–H groups in total. The molecule has 5 nitrogen and oxygen atoms in total. The number of anilines is 1. The van der Waals surface area contributed by atoms with Crippen LogP contribution in [-0.2, 0) is 16.4 Å². The third kappa shape index (κ3) is 6.06. The van der Waals surface area contributed by atoms with Gasteiger partial charge in [-0.1, -0.05) is 55.0 Å². The first kappa shape index (κ1) is 24.6. The lowest BCUT2D eigenvalue weighted by Gasteiger charge is -2.18. The molecule has 0 aliphatic heterocycles. The van der Waals surface area contributed by atoms with Gasteiger partial charge in [0.1, 0.15) is 5.82 Å². The van der Waals surface area contributed by atoms with Gasteiger partial charge in [0.25, 0.3) is 5.91 Å². The Morgan fingerprint density at radius 3 is 2.21 bits per heavy atom. The summed E-state index contributed by atoms with van der Waals surface area (Å²) in [7, 11) is -3.96. The van der Waals surface area contributed by atoms with Gasteiger partial charge in [-0.05, 0) is 68.5 Å². The zero-order valence-electron chi connectivity index (χ0n) is 19.3. The lowest BCUT2D eigenvalue weighted by Crippen LogP contribution is -2.36. The molecule has 0 bridgehead atoms. The highest BCUT2D eigenvalue weighted by Gasteiger charge is 2.23. The van der Waals surface area contributed by atoms with Crippen LogP contribution in [0.5, 0.6) is 0 Å². The van der Waals surface area contributed by atoms with Crippen molar-refractivity contribution < 1.29 is 17.6 Å². The summed E-state index contributed by atoms with van der Waals surface area (Å²) in [5, 5.41) is 2.73. The van der Waals surface area contributed by atoms with E-state index in [1.807, 2.05) is 70.2 Å². The number of hydrogen-bond donors (Lipinski definition) is 2. The molecule has 3 aromatic rings. The first-order valence-corrected chi connectivity index (χ1v) is 12.3. The van der Waals surface area contributed by atoms with Crippen LogP contribution in [-0.4, -0.2) is 20.4 Å². The summed E-state index contributed by atoms with van der Waals surface area (Å²) < 4.78 is 43.2. The maximum absolute atomic E-state index is 14.5. The highest BCUT2D eigenvalue weighted by molar-refractivity contribution is 7.89. The van der Waals surface area contributed by atoms with Crippen LogP contribution in [0.4, 0.5) is 10.1 Å². The lowest BCUT2D eigenvalue weighted by atomic mass is 10.0. The van der Waals surface area contributed by atoms with Crippen molar-refractivity contribution in [1.29, 1.82) is 0 Å². The second kappa shape index (κ2) is 10.3. The lowest BCUT2D eigenvalue weighted by molar-refractivity contribution is 0.102. The van der Waals surface area contributed by atoms with E-state index in [0.717, 1.165) is 34.4 Å². The molecule has 0 heterocycles. The molecule has 0 fully saturated rings. The summed E-state index contributed by atoms with van der Waals surface area (Å²) in [6.45, 7) is 7.56. The zero-order valence-corrected chi connectivity index (χ0v) is 20.1. The fraction of sp³-hybridized carbons (Fsp3) is 0.269. The SMILES string of the molecule is CC[C@@H](Cc1ccccc1)NS(=O)(=O)c1ccc(F)c(C(=O)Nc2c(C)cc(C)cc2C)c1. The minimum Gasteiger partial charge on any atom is -0.321 e. The molecule has 0 radical (unpaired) electrons. The third-order valence-corrected chi connectivity index (χ3v) is 7.07. The monoisotopic (exact) mass is 468 g/mol. The van der Waals surface area contributed by atoms with Crippen molar-refractivity contribution in [2.75, 3.05) is 5.32 Å². The van der Waals surface area contributed by atoms with Crippen molar-refractivity contribution in [3.63, 3.8) is 0 Å². The smallest absolute Gasteiger partial charge is 0.258 e. The third-order valence-electron chi connectivity index (χ3n) is 5.55. The van der Waals surface area contributed by atoms with Crippen LogP contribution in [0.25, 0.3) is 0 Å². The second-order valence-corrected chi connectivity index (χ2v) is 10.00. The number of sulfonamides is 1. The van der Waals surface area contributed by atoms with Gasteiger partial charge in [0.05, 0.1) is 10.5 Å². The molecule has 0 saturated heterocycles. The maximum atomic E-state index is 14.5. The van der Waals surface area contributed by atoms with E-state index < -0.39 is 21.7 Å². The number of hydrogen-bond acceptors (Lipinski definition) is 3. The van der Waals surface area contributed by atoms with Crippen LogP contribution in [0.3, 0.4) is 0 Å². The van der Waals surface area contributed by atoms with E-state index in [1.165, 1.54) is 6.07 Å². The van der Waals surface area contributed by atoms with Gasteiger partial charge in [-0.2, -0.15) is 0 Å². The Morgan fingerprint density at radius 1 is 0.970 bits per heavy atom. The molecule has 3 aromatic carbocycles. The van der Waals surface area contributed by atoms with Gasteiger partial charge in [0.2, 0.25) is 10.0 Å². The minimum atomic E-state index is -3.96. The zero-order chi connectivity index (χ0) is 24.2. The van der Waals surface area contributed by atoms with Gasteiger partial charge in [-0.25, -0.2) is 17.5 Å². The number of carbonyl (C=O) groups is 1. The average Bonchev–Trinajstić information content (AvgIpc) is 2.76. The van der Waals surface area contributed by atoms with Crippen LogP contribution in [0.15, 0.2) is 65.6 Å². The number of carbonyl (C=O) groups excluding carboxylic acids is 1. The molecule has 0 aromatic heterocycles. The number of rotatable bonds is 8. The first-order chi connectivity index (χ1) is 15.6. The number of aryl methyl sites for hydroxylation is 3. The fourth-order valence-corrected chi connectivity index (χ4v) is 5.20. The average molecular weight is 469 g/mol. The molecule has 7 heteroatoms. The van der Waals surface area contributed by atoms with Gasteiger partial charge in [0, 0.05) is 11.7 Å². The normalized spacial score (nSPS) is 12.4. The Morgan fingerprint density at radius 2 is 1.61 bits per heavy atom. The summed E-state index contributed by atoms with van der Waals surface area (Å²) in [6, 6.07) is 16.3. The van der Waals surface area contributed by atoms with E-state index >= 15 is 0 Å². The second-order valence-electron chi connectivity index (χ2n) is 8.29. The number of nitrogens with one attached hydrogen (secondary N) is 2. The molecular weight excluding hydrogens is 439 g/mol. The first-order valence-electron chi connectivity index (χ1n) is 10.9. The Labute approximate surface area is 195 Å². The van der Waals surface area contributed by atoms with Gasteiger partial charge in [0.15, 0.2) is 0 Å². The number of halogens is 1. The molecule has 0 aliphatic rings. The Kier molecular flexibility index (Phi) is 7.66. The van der Waals surface area contributed by atoms with Crippen LogP contribution in [0, 0.1) is 26.6 Å². The standard InChI is InChI=1S/C26H29FN2O3S/c1-5-21(15-20-9-7-6-8-10-20)29-33(31,32)22-11-12-24(27)23(16-22)26(30)28-25-18(3)13-17(2)14-19(25)4/h6-14,16,21,29H,5,15H2,1-4H3,(H,28,30)/t21-/m0/s1. The maximum Gasteiger partial charge on any atom is 0.258 e. The minimum absolute atomic E-state index is 0.155. The molecule has 0 unspecified atom stereocenters. The molecule has 0 aliphatic carbocycles. The van der Waals surface area contributed by atoms with Gasteiger partial charge in [-0.15, -0.1) is 0 Å². The van der Waals surface area contributed by atoms with E-state index in [1.54, 1.807) is 0 Å². The molecule has 0 saturated carbocycles. The van der Waals surface area contributed by atoms with Crippen molar-refractivity contribution in [1.82, 2.24) is 4.72 Å². The van der Waals surface area contributed by atoms with Gasteiger partial charge >= 0.3 is 0 Å². The number of benzene rings is 3. The largest absolute Gasteiger partial charge is 0.321 e. The van der Waals surface area contributed by atoms with E-state index in [0.29, 0.717) is 18.5 Å². The molecule has 0 spiro atoms. The summed E-state index contributed by atoms with van der Waals surface area (Å²) >= 11 is 0. The van der Waals surface area contributed by atoms with Gasteiger partial charge in [-0.3, -0.25) is 4.79 Å². The van der Waals surface area contributed by atoms with Crippen molar-refractivity contribution in [3.8, 4) is 0 Å².